The van der Waals surface area contributed by atoms with Crippen LogP contribution in [-0.4, -0.2) is 58.6 Å². The molecule has 39 heavy (non-hydrogen) atoms. The maximum Gasteiger partial charge on any atom is 0.311 e. The van der Waals surface area contributed by atoms with Gasteiger partial charge in [-0.05, 0) is 55.3 Å². The molecule has 4 rings (SSSR count). The Kier molecular flexibility index (Phi) is 7.21. The quantitative estimate of drug-likeness (QED) is 0.486. The number of ether oxygens (including phenoxy) is 1. The fraction of sp³-hybridized carbons (Fsp3) is 0.774. The summed E-state index contributed by atoms with van der Waals surface area (Å²) in [6, 6.07) is 0. The number of Topliss-reactive ketones (excluding diaryl/α,β-unsaturated/α-hetero) is 4. The van der Waals surface area contributed by atoms with E-state index in [1.165, 1.54) is 14.0 Å². The minimum atomic E-state index is -1.53. The van der Waals surface area contributed by atoms with E-state index in [1.807, 2.05) is 41.5 Å². The Labute approximate surface area is 230 Å². The van der Waals surface area contributed by atoms with Gasteiger partial charge in [0.25, 0.3) is 0 Å². The summed E-state index contributed by atoms with van der Waals surface area (Å²) in [6.07, 6.45) is -0.657. The zero-order chi connectivity index (χ0) is 29.5. The van der Waals surface area contributed by atoms with Gasteiger partial charge >= 0.3 is 5.97 Å². The molecule has 0 heterocycles. The number of rotatable bonds is 6. The maximum atomic E-state index is 14.1. The van der Waals surface area contributed by atoms with Gasteiger partial charge < -0.3 is 14.9 Å². The molecular formula is C31H44O8. The molecular weight excluding hydrogens is 500 g/mol. The van der Waals surface area contributed by atoms with Crippen molar-refractivity contribution in [2.24, 2.45) is 45.3 Å². The molecule has 0 aromatic carbocycles. The molecule has 2 saturated carbocycles. The lowest BCUT2D eigenvalue weighted by Crippen LogP contribution is -2.59. The second-order valence-corrected chi connectivity index (χ2v) is 14.0. The Morgan fingerprint density at radius 2 is 1.62 bits per heavy atom. The van der Waals surface area contributed by atoms with E-state index in [0.717, 1.165) is 0 Å². The van der Waals surface area contributed by atoms with Crippen LogP contribution in [0.2, 0.25) is 0 Å². The van der Waals surface area contributed by atoms with Gasteiger partial charge in [-0.15, -0.1) is 0 Å². The first-order valence-corrected chi connectivity index (χ1v) is 14.2. The summed E-state index contributed by atoms with van der Waals surface area (Å²) in [4.78, 5) is 66.7. The fourth-order valence-corrected chi connectivity index (χ4v) is 9.00. The van der Waals surface area contributed by atoms with E-state index in [9.17, 15) is 34.2 Å². The molecule has 0 spiro atoms. The molecule has 8 nitrogen and oxygen atoms in total. The third-order valence-corrected chi connectivity index (χ3v) is 11.8. The monoisotopic (exact) mass is 544 g/mol. The van der Waals surface area contributed by atoms with Crippen LogP contribution in [0, 0.1) is 45.3 Å². The van der Waals surface area contributed by atoms with Gasteiger partial charge in [0.1, 0.15) is 11.9 Å². The normalized spacial score (nSPS) is 39.8. The van der Waals surface area contributed by atoms with Crippen LogP contribution in [0.4, 0.5) is 0 Å². The van der Waals surface area contributed by atoms with Crippen molar-refractivity contribution in [1.82, 2.24) is 0 Å². The van der Waals surface area contributed by atoms with E-state index >= 15 is 0 Å². The van der Waals surface area contributed by atoms with Crippen molar-refractivity contribution in [1.29, 1.82) is 0 Å². The summed E-state index contributed by atoms with van der Waals surface area (Å²) < 4.78 is 4.65. The van der Waals surface area contributed by atoms with Crippen LogP contribution < -0.4 is 0 Å². The van der Waals surface area contributed by atoms with Crippen molar-refractivity contribution < 1.29 is 38.9 Å². The molecule has 0 aliphatic heterocycles. The second-order valence-electron chi connectivity index (χ2n) is 14.0. The zero-order valence-electron chi connectivity index (χ0n) is 24.6. The number of hydrogen-bond acceptors (Lipinski definition) is 8. The van der Waals surface area contributed by atoms with Gasteiger partial charge in [0.2, 0.25) is 0 Å². The van der Waals surface area contributed by atoms with Crippen molar-refractivity contribution in [3.05, 3.63) is 11.1 Å². The number of hydrogen-bond donors (Lipinski definition) is 2. The highest BCUT2D eigenvalue weighted by Crippen LogP contribution is 2.70. The smallest absolute Gasteiger partial charge is 0.311 e. The molecule has 9 atom stereocenters. The van der Waals surface area contributed by atoms with Crippen molar-refractivity contribution in [3.8, 4) is 0 Å². The first-order valence-electron chi connectivity index (χ1n) is 14.2. The van der Waals surface area contributed by atoms with Crippen molar-refractivity contribution >= 4 is 29.1 Å². The Hall–Kier alpha value is -2.19. The third-order valence-electron chi connectivity index (χ3n) is 11.8. The SMILES string of the molecule is COC(=O)C(C)C(O)C(=O)CC(C)C1CC(=O)C2(C)C3=C(C(=O)CC12C)C1(C)CCC(O)C(C)(C)C1CC3=O. The fourth-order valence-electron chi connectivity index (χ4n) is 9.00. The van der Waals surface area contributed by atoms with Gasteiger partial charge in [0.15, 0.2) is 17.3 Å². The van der Waals surface area contributed by atoms with Crippen molar-refractivity contribution in [2.75, 3.05) is 7.11 Å². The molecule has 9 unspecified atom stereocenters. The number of allylic oxidation sites excluding steroid dienone is 2. The number of fused-ring (bicyclic) bond motifs is 4. The highest BCUT2D eigenvalue weighted by atomic mass is 16.5. The van der Waals surface area contributed by atoms with Gasteiger partial charge in [-0.2, -0.15) is 0 Å². The number of ketones is 4. The summed E-state index contributed by atoms with van der Waals surface area (Å²) in [6.45, 7) is 12.9. The van der Waals surface area contributed by atoms with Crippen LogP contribution in [0.1, 0.15) is 87.0 Å². The number of esters is 1. The topological polar surface area (TPSA) is 135 Å². The molecule has 8 heteroatoms. The van der Waals surface area contributed by atoms with Crippen molar-refractivity contribution in [3.63, 3.8) is 0 Å². The average molecular weight is 545 g/mol. The summed E-state index contributed by atoms with van der Waals surface area (Å²) in [5.74, 6) is -3.55. The first-order chi connectivity index (χ1) is 17.9. The molecule has 0 saturated heterocycles. The molecule has 2 N–H and O–H groups in total. The zero-order valence-corrected chi connectivity index (χ0v) is 24.6. The van der Waals surface area contributed by atoms with Crippen LogP contribution in [0.3, 0.4) is 0 Å². The Morgan fingerprint density at radius 1 is 1.00 bits per heavy atom. The summed E-state index contributed by atoms with van der Waals surface area (Å²) >= 11 is 0. The summed E-state index contributed by atoms with van der Waals surface area (Å²) in [5, 5.41) is 21.2. The number of aliphatic hydroxyl groups is 2. The predicted octanol–water partition coefficient (Wildman–Crippen LogP) is 3.40. The molecule has 0 amide bonds. The standard InChI is InChI=1S/C31H44O8/c1-15(11-19(33)26(37)16(2)27(38)39-8)17-12-23(36)31(7)25-18(32)13-21-28(3,4)22(35)9-10-29(21,5)24(25)20(34)14-30(17,31)6/h15-17,21-22,26,35,37H,9-14H2,1-8H3. The molecule has 0 aromatic heterocycles. The number of carbonyl (C=O) groups excluding carboxylic acids is 5. The van der Waals surface area contributed by atoms with Crippen LogP contribution >= 0.6 is 0 Å². The molecule has 4 aliphatic carbocycles. The maximum absolute atomic E-state index is 14.1. The lowest BCUT2D eigenvalue weighted by molar-refractivity contribution is -0.153. The lowest BCUT2D eigenvalue weighted by Gasteiger charge is -2.60. The van der Waals surface area contributed by atoms with E-state index in [4.69, 9.17) is 0 Å². The Balaban J connectivity index is 1.73. The van der Waals surface area contributed by atoms with Crippen LogP contribution in [0.25, 0.3) is 0 Å². The largest absolute Gasteiger partial charge is 0.469 e. The van der Waals surface area contributed by atoms with E-state index in [0.29, 0.717) is 24.0 Å². The highest BCUT2D eigenvalue weighted by Gasteiger charge is 2.70. The van der Waals surface area contributed by atoms with E-state index in [1.54, 1.807) is 0 Å². The number of carbonyl (C=O) groups is 5. The van der Waals surface area contributed by atoms with Crippen LogP contribution in [-0.2, 0) is 28.7 Å². The summed E-state index contributed by atoms with van der Waals surface area (Å²) in [5.41, 5.74) is -2.35. The Bertz CT molecular complexity index is 1170. The van der Waals surface area contributed by atoms with Gasteiger partial charge in [-0.3, -0.25) is 24.0 Å². The Morgan fingerprint density at radius 3 is 2.21 bits per heavy atom. The average Bonchev–Trinajstić information content (AvgIpc) is 3.07. The minimum absolute atomic E-state index is 0.0635. The van der Waals surface area contributed by atoms with Gasteiger partial charge in [-0.25, -0.2) is 0 Å². The first kappa shape index (κ1) is 29.8. The number of methoxy groups -OCH3 is 1. The predicted molar refractivity (Wildman–Crippen MR) is 142 cm³/mol. The van der Waals surface area contributed by atoms with E-state index < -0.39 is 51.5 Å². The second kappa shape index (κ2) is 9.44. The minimum Gasteiger partial charge on any atom is -0.469 e. The molecule has 0 aromatic rings. The van der Waals surface area contributed by atoms with Gasteiger partial charge in [0.05, 0.1) is 24.5 Å². The number of aliphatic hydroxyl groups excluding tert-OH is 2. The molecule has 216 valence electrons. The van der Waals surface area contributed by atoms with Crippen molar-refractivity contribution in [2.45, 2.75) is 99.2 Å². The van der Waals surface area contributed by atoms with Gasteiger partial charge in [-0.1, -0.05) is 34.6 Å². The van der Waals surface area contributed by atoms with E-state index in [-0.39, 0.29) is 60.8 Å². The molecule has 4 aliphatic rings. The molecule has 2 fully saturated rings. The van der Waals surface area contributed by atoms with Gasteiger partial charge in [0, 0.05) is 42.2 Å². The lowest BCUT2D eigenvalue weighted by atomic mass is 9.42. The summed E-state index contributed by atoms with van der Waals surface area (Å²) in [7, 11) is 1.19. The highest BCUT2D eigenvalue weighted by molar-refractivity contribution is 6.16. The molecule has 0 radical (unpaired) electrons. The van der Waals surface area contributed by atoms with Crippen LogP contribution in [0.5, 0.6) is 0 Å². The third kappa shape index (κ3) is 3.95. The van der Waals surface area contributed by atoms with Crippen LogP contribution in [0.15, 0.2) is 11.1 Å². The molecule has 0 bridgehead atoms. The van der Waals surface area contributed by atoms with E-state index in [2.05, 4.69) is 4.74 Å².